The number of aromatic nitrogens is 2. The van der Waals surface area contributed by atoms with Gasteiger partial charge in [-0.1, -0.05) is 6.07 Å². The third-order valence-electron chi connectivity index (χ3n) is 4.65. The van der Waals surface area contributed by atoms with Crippen molar-refractivity contribution in [3.63, 3.8) is 0 Å². The lowest BCUT2D eigenvalue weighted by atomic mass is 10.1. The first kappa shape index (κ1) is 21.6. The van der Waals surface area contributed by atoms with E-state index in [2.05, 4.69) is 10.1 Å². The number of methoxy groups -OCH3 is 1. The van der Waals surface area contributed by atoms with Gasteiger partial charge in [0.15, 0.2) is 0 Å². The van der Waals surface area contributed by atoms with Crippen molar-refractivity contribution in [1.29, 1.82) is 0 Å². The highest BCUT2D eigenvalue weighted by Crippen LogP contribution is 2.25. The lowest BCUT2D eigenvalue weighted by molar-refractivity contribution is -0.384. The molecule has 31 heavy (non-hydrogen) atoms. The second-order valence-electron chi connectivity index (χ2n) is 6.76. The molecule has 1 aromatic heterocycles. The summed E-state index contributed by atoms with van der Waals surface area (Å²) >= 11 is 0. The molecule has 0 atom stereocenters. The molecule has 0 radical (unpaired) electrons. The van der Waals surface area contributed by atoms with Gasteiger partial charge in [-0.15, -0.1) is 0 Å². The number of aryl methyl sites for hydroxylation is 1. The maximum absolute atomic E-state index is 13.3. The smallest absolute Gasteiger partial charge is 0.311 e. The summed E-state index contributed by atoms with van der Waals surface area (Å²) in [6.07, 6.45) is -0.226. The molecule has 10 heteroatoms. The van der Waals surface area contributed by atoms with Gasteiger partial charge in [0.25, 0.3) is 11.2 Å². The largest absolute Gasteiger partial charge is 0.469 e. The van der Waals surface area contributed by atoms with E-state index in [9.17, 15) is 24.1 Å². The molecule has 0 aliphatic heterocycles. The number of rotatable bonds is 6. The van der Waals surface area contributed by atoms with E-state index in [-0.39, 0.29) is 29.1 Å². The Morgan fingerprint density at radius 3 is 2.55 bits per heavy atom. The second kappa shape index (κ2) is 8.74. The summed E-state index contributed by atoms with van der Waals surface area (Å²) in [5.74, 6) is -1.04. The summed E-state index contributed by atoms with van der Waals surface area (Å²) in [6.45, 7) is 3.30. The zero-order chi connectivity index (χ0) is 22.7. The van der Waals surface area contributed by atoms with Gasteiger partial charge < -0.3 is 4.74 Å². The van der Waals surface area contributed by atoms with Crippen LogP contribution in [0.3, 0.4) is 0 Å². The first-order valence-corrected chi connectivity index (χ1v) is 9.18. The van der Waals surface area contributed by atoms with Crippen LogP contribution in [-0.2, 0) is 16.0 Å². The van der Waals surface area contributed by atoms with Crippen molar-refractivity contribution in [2.24, 2.45) is 4.99 Å². The van der Waals surface area contributed by atoms with Crippen LogP contribution in [0.5, 0.6) is 0 Å². The number of hydrogen-bond donors (Lipinski definition) is 1. The number of halogens is 1. The van der Waals surface area contributed by atoms with Crippen molar-refractivity contribution in [2.75, 3.05) is 7.11 Å². The van der Waals surface area contributed by atoms with Gasteiger partial charge in [0, 0.05) is 12.1 Å². The van der Waals surface area contributed by atoms with Crippen molar-refractivity contribution in [1.82, 2.24) is 9.78 Å². The van der Waals surface area contributed by atoms with Crippen molar-refractivity contribution in [2.45, 2.75) is 20.3 Å². The predicted octanol–water partition coefficient (Wildman–Crippen LogP) is 3.38. The highest BCUT2D eigenvalue weighted by atomic mass is 19.1. The standard InChI is InChI=1S/C21H19FN4O5/c1-12-4-7-16(26(29)30)10-17(12)23-13(2)20-18(11-19(27)31-3)24-25(21(20)28)15-8-5-14(22)6-9-15/h4-10,24H,11H2,1-3H3. The molecule has 0 bridgehead atoms. The first-order chi connectivity index (χ1) is 14.7. The molecule has 0 saturated heterocycles. The normalized spacial score (nSPS) is 11.4. The number of hydrogen-bond acceptors (Lipinski definition) is 6. The third-order valence-corrected chi connectivity index (χ3v) is 4.65. The zero-order valence-corrected chi connectivity index (χ0v) is 17.0. The Morgan fingerprint density at radius 2 is 1.94 bits per heavy atom. The highest BCUT2D eigenvalue weighted by Gasteiger charge is 2.21. The highest BCUT2D eigenvalue weighted by molar-refractivity contribution is 6.02. The predicted molar refractivity (Wildman–Crippen MR) is 112 cm³/mol. The minimum Gasteiger partial charge on any atom is -0.469 e. The number of nitrogens with one attached hydrogen (secondary N) is 1. The second-order valence-corrected chi connectivity index (χ2v) is 6.76. The van der Waals surface area contributed by atoms with Crippen LogP contribution in [0.15, 0.2) is 52.3 Å². The Bertz CT molecular complexity index is 1240. The molecule has 2 aromatic carbocycles. The molecule has 160 valence electrons. The van der Waals surface area contributed by atoms with Gasteiger partial charge in [-0.2, -0.15) is 0 Å². The first-order valence-electron chi connectivity index (χ1n) is 9.18. The summed E-state index contributed by atoms with van der Waals surface area (Å²) in [5, 5.41) is 13.9. The number of aliphatic imine (C=N–C) groups is 1. The maximum Gasteiger partial charge on any atom is 0.311 e. The van der Waals surface area contributed by atoms with E-state index in [1.807, 2.05) is 0 Å². The molecular formula is C21H19FN4O5. The number of non-ortho nitro benzene ring substituents is 1. The van der Waals surface area contributed by atoms with Crippen LogP contribution in [0.25, 0.3) is 5.69 Å². The molecular weight excluding hydrogens is 407 g/mol. The van der Waals surface area contributed by atoms with E-state index >= 15 is 0 Å². The van der Waals surface area contributed by atoms with Crippen molar-refractivity contribution in [3.8, 4) is 5.69 Å². The average molecular weight is 426 g/mol. The summed E-state index contributed by atoms with van der Waals surface area (Å²) in [5.41, 5.74) is 1.36. The number of nitro groups is 1. The van der Waals surface area contributed by atoms with E-state index in [0.29, 0.717) is 16.9 Å². The fraction of sp³-hybridized carbons (Fsp3) is 0.190. The zero-order valence-electron chi connectivity index (χ0n) is 17.0. The van der Waals surface area contributed by atoms with Gasteiger partial charge in [-0.3, -0.25) is 29.8 Å². The molecule has 9 nitrogen and oxygen atoms in total. The van der Waals surface area contributed by atoms with Crippen molar-refractivity contribution in [3.05, 3.63) is 85.6 Å². The van der Waals surface area contributed by atoms with E-state index in [4.69, 9.17) is 4.74 Å². The molecule has 1 N–H and O–H groups in total. The average Bonchev–Trinajstić information content (AvgIpc) is 3.05. The third kappa shape index (κ3) is 4.58. The van der Waals surface area contributed by atoms with Crippen LogP contribution in [0.4, 0.5) is 15.8 Å². The monoisotopic (exact) mass is 426 g/mol. The fourth-order valence-corrected chi connectivity index (χ4v) is 3.04. The molecule has 3 rings (SSSR count). The number of carbonyl (C=O) groups is 1. The Kier molecular flexibility index (Phi) is 6.10. The summed E-state index contributed by atoms with van der Waals surface area (Å²) in [6, 6.07) is 9.47. The number of aromatic amines is 1. The van der Waals surface area contributed by atoms with Crippen LogP contribution in [0.1, 0.15) is 23.7 Å². The summed E-state index contributed by atoms with van der Waals surface area (Å²) in [7, 11) is 1.23. The summed E-state index contributed by atoms with van der Waals surface area (Å²) < 4.78 is 19.2. The number of carbonyl (C=O) groups excluding carboxylic acids is 1. The van der Waals surface area contributed by atoms with Crippen molar-refractivity contribution >= 4 is 23.1 Å². The Hall–Kier alpha value is -4.08. The van der Waals surface area contributed by atoms with Crippen LogP contribution < -0.4 is 5.56 Å². The van der Waals surface area contributed by atoms with Crippen LogP contribution in [0, 0.1) is 22.9 Å². The van der Waals surface area contributed by atoms with E-state index in [1.54, 1.807) is 19.9 Å². The molecule has 0 saturated carbocycles. The van der Waals surface area contributed by atoms with Gasteiger partial charge in [0.2, 0.25) is 0 Å². The SMILES string of the molecule is COC(=O)Cc1[nH]n(-c2ccc(F)cc2)c(=O)c1C(C)=Nc1cc([N+](=O)[O-])ccc1C. The molecule has 0 spiro atoms. The van der Waals surface area contributed by atoms with Crippen molar-refractivity contribution < 1.29 is 18.8 Å². The van der Waals surface area contributed by atoms with Gasteiger partial charge in [-0.05, 0) is 43.7 Å². The van der Waals surface area contributed by atoms with Crippen LogP contribution >= 0.6 is 0 Å². The fourth-order valence-electron chi connectivity index (χ4n) is 3.04. The van der Waals surface area contributed by atoms with E-state index in [0.717, 1.165) is 0 Å². The molecule has 0 fully saturated rings. The van der Waals surface area contributed by atoms with E-state index < -0.39 is 22.3 Å². The number of H-pyrrole nitrogens is 1. The van der Waals surface area contributed by atoms with Gasteiger partial charge in [-0.25, -0.2) is 9.07 Å². The molecule has 3 aromatic rings. The molecule has 0 aliphatic rings. The van der Waals surface area contributed by atoms with Gasteiger partial charge in [0.1, 0.15) is 5.82 Å². The maximum atomic E-state index is 13.3. The topological polar surface area (TPSA) is 120 Å². The minimum atomic E-state index is -0.576. The molecule has 0 unspecified atom stereocenters. The summed E-state index contributed by atoms with van der Waals surface area (Å²) in [4.78, 5) is 40.0. The van der Waals surface area contributed by atoms with Crippen LogP contribution in [-0.4, -0.2) is 33.5 Å². The lowest BCUT2D eigenvalue weighted by Gasteiger charge is -2.04. The minimum absolute atomic E-state index is 0.126. The molecule has 0 amide bonds. The number of esters is 1. The Labute approximate surface area is 175 Å². The number of benzene rings is 2. The van der Waals surface area contributed by atoms with E-state index in [1.165, 1.54) is 48.2 Å². The molecule has 1 heterocycles. The Morgan fingerprint density at radius 1 is 1.26 bits per heavy atom. The van der Waals surface area contributed by atoms with Crippen LogP contribution in [0.2, 0.25) is 0 Å². The van der Waals surface area contributed by atoms with Gasteiger partial charge in [0.05, 0.1) is 46.8 Å². The number of nitro benzene ring substituents is 1. The van der Waals surface area contributed by atoms with Gasteiger partial charge >= 0.3 is 5.97 Å². The molecule has 0 aliphatic carbocycles. The lowest BCUT2D eigenvalue weighted by Crippen LogP contribution is -2.20. The quantitative estimate of drug-likeness (QED) is 0.280. The number of ether oxygens (including phenoxy) is 1. The number of nitrogens with zero attached hydrogens (tertiary/aromatic N) is 3. The Balaban J connectivity index is 2.16.